The molecule has 192 valence electrons. The first-order valence-electron chi connectivity index (χ1n) is 12.3. The molecule has 3 rings (SSSR count). The van der Waals surface area contributed by atoms with Crippen LogP contribution < -0.4 is 9.62 Å². The molecule has 3 aromatic rings. The van der Waals surface area contributed by atoms with Crippen LogP contribution in [0.25, 0.3) is 10.8 Å². The number of nitrogens with one attached hydrogen (secondary N) is 1. The van der Waals surface area contributed by atoms with E-state index >= 15 is 0 Å². The van der Waals surface area contributed by atoms with Gasteiger partial charge >= 0.3 is 0 Å². The number of rotatable bonds is 12. The maximum absolute atomic E-state index is 13.6. The summed E-state index contributed by atoms with van der Waals surface area (Å²) in [7, 11) is -3.78. The first-order valence-corrected chi connectivity index (χ1v) is 14.1. The molecule has 36 heavy (non-hydrogen) atoms. The molecule has 8 heteroatoms. The number of amides is 2. The summed E-state index contributed by atoms with van der Waals surface area (Å²) >= 11 is 0. The molecular formula is C28H35N3O4S. The van der Waals surface area contributed by atoms with Crippen molar-refractivity contribution in [1.29, 1.82) is 0 Å². The molecule has 0 aliphatic rings. The van der Waals surface area contributed by atoms with E-state index in [4.69, 9.17) is 0 Å². The van der Waals surface area contributed by atoms with Gasteiger partial charge in [0, 0.05) is 18.5 Å². The van der Waals surface area contributed by atoms with E-state index in [0.29, 0.717) is 25.2 Å². The minimum absolute atomic E-state index is 0.249. The predicted molar refractivity (Wildman–Crippen MR) is 145 cm³/mol. The monoisotopic (exact) mass is 509 g/mol. The van der Waals surface area contributed by atoms with Crippen molar-refractivity contribution in [2.24, 2.45) is 0 Å². The number of nitrogens with zero attached hydrogens (tertiary/aromatic N) is 2. The second kappa shape index (κ2) is 12.5. The maximum atomic E-state index is 13.6. The number of anilines is 1. The minimum atomic E-state index is -3.78. The quantitative estimate of drug-likeness (QED) is 0.374. The second-order valence-corrected chi connectivity index (χ2v) is 10.8. The fraction of sp³-hybridized carbons (Fsp3) is 0.357. The summed E-state index contributed by atoms with van der Waals surface area (Å²) in [5.41, 5.74) is 1.47. The summed E-state index contributed by atoms with van der Waals surface area (Å²) in [6.07, 6.45) is 3.43. The Kier molecular flexibility index (Phi) is 9.47. The van der Waals surface area contributed by atoms with E-state index in [-0.39, 0.29) is 5.91 Å². The average Bonchev–Trinajstić information content (AvgIpc) is 2.87. The van der Waals surface area contributed by atoms with Gasteiger partial charge in [0.25, 0.3) is 0 Å². The van der Waals surface area contributed by atoms with E-state index in [1.54, 1.807) is 19.1 Å². The van der Waals surface area contributed by atoms with E-state index in [1.165, 1.54) is 4.90 Å². The molecule has 2 amide bonds. The van der Waals surface area contributed by atoms with Crippen molar-refractivity contribution in [2.45, 2.75) is 39.2 Å². The molecule has 1 atom stereocenters. The molecule has 0 radical (unpaired) electrons. The molecule has 0 heterocycles. The zero-order valence-electron chi connectivity index (χ0n) is 21.2. The highest BCUT2D eigenvalue weighted by Gasteiger charge is 2.30. The summed E-state index contributed by atoms with van der Waals surface area (Å²) in [6.45, 7) is 4.16. The van der Waals surface area contributed by atoms with Crippen LogP contribution in [0.1, 0.15) is 32.3 Å². The van der Waals surface area contributed by atoms with Gasteiger partial charge in [0.1, 0.15) is 12.6 Å². The van der Waals surface area contributed by atoms with Crippen LogP contribution in [-0.2, 0) is 26.0 Å². The fourth-order valence-corrected chi connectivity index (χ4v) is 4.99. The van der Waals surface area contributed by atoms with Gasteiger partial charge in [-0.05, 0) is 36.8 Å². The highest BCUT2D eigenvalue weighted by Crippen LogP contribution is 2.28. The summed E-state index contributed by atoms with van der Waals surface area (Å²) in [5, 5.41) is 4.50. The Morgan fingerprint density at radius 1 is 0.944 bits per heavy atom. The van der Waals surface area contributed by atoms with E-state index in [1.807, 2.05) is 67.6 Å². The van der Waals surface area contributed by atoms with Crippen LogP contribution in [0, 0.1) is 0 Å². The molecule has 1 N–H and O–H groups in total. The predicted octanol–water partition coefficient (Wildman–Crippen LogP) is 3.98. The van der Waals surface area contributed by atoms with Crippen LogP contribution in [-0.4, -0.2) is 57.1 Å². The Labute approximate surface area is 214 Å². The SMILES string of the molecule is CCCCNC(=O)C(C)N(CCc1ccccc1)C(=O)CN(c1cccc2ccccc12)S(C)(=O)=O. The lowest BCUT2D eigenvalue weighted by Gasteiger charge is -2.31. The van der Waals surface area contributed by atoms with Gasteiger partial charge in [-0.2, -0.15) is 0 Å². The van der Waals surface area contributed by atoms with E-state index in [9.17, 15) is 18.0 Å². The molecule has 0 saturated carbocycles. The van der Waals surface area contributed by atoms with Gasteiger partial charge in [-0.25, -0.2) is 8.42 Å². The third-order valence-corrected chi connectivity index (χ3v) is 7.32. The molecule has 7 nitrogen and oxygen atoms in total. The summed E-state index contributed by atoms with van der Waals surface area (Å²) in [6, 6.07) is 21.8. The molecule has 0 spiro atoms. The molecule has 1 unspecified atom stereocenters. The number of carbonyl (C=O) groups is 2. The third-order valence-electron chi connectivity index (χ3n) is 6.20. The number of unbranched alkanes of at least 4 members (excludes halogenated alkanes) is 1. The lowest BCUT2D eigenvalue weighted by molar-refractivity contribution is -0.138. The van der Waals surface area contributed by atoms with Crippen LogP contribution in [0.2, 0.25) is 0 Å². The first-order chi connectivity index (χ1) is 17.2. The average molecular weight is 510 g/mol. The van der Waals surface area contributed by atoms with Crippen LogP contribution >= 0.6 is 0 Å². The minimum Gasteiger partial charge on any atom is -0.354 e. The Morgan fingerprint density at radius 2 is 1.61 bits per heavy atom. The highest BCUT2D eigenvalue weighted by molar-refractivity contribution is 7.92. The Morgan fingerprint density at radius 3 is 2.31 bits per heavy atom. The fourth-order valence-electron chi connectivity index (χ4n) is 4.13. The Hall–Kier alpha value is -3.39. The van der Waals surface area contributed by atoms with Crippen molar-refractivity contribution >= 4 is 38.3 Å². The van der Waals surface area contributed by atoms with Crippen molar-refractivity contribution in [3.63, 3.8) is 0 Å². The molecule has 3 aromatic carbocycles. The summed E-state index contributed by atoms with van der Waals surface area (Å²) < 4.78 is 26.9. The van der Waals surface area contributed by atoms with Gasteiger partial charge in [-0.3, -0.25) is 13.9 Å². The van der Waals surface area contributed by atoms with Gasteiger partial charge in [-0.15, -0.1) is 0 Å². The number of hydrogen-bond donors (Lipinski definition) is 1. The Bertz CT molecular complexity index is 1270. The van der Waals surface area contributed by atoms with Crippen LogP contribution in [0.5, 0.6) is 0 Å². The van der Waals surface area contributed by atoms with Crippen LogP contribution in [0.15, 0.2) is 72.8 Å². The van der Waals surface area contributed by atoms with Crippen molar-refractivity contribution in [1.82, 2.24) is 10.2 Å². The number of fused-ring (bicyclic) bond motifs is 1. The molecule has 0 fully saturated rings. The second-order valence-electron chi connectivity index (χ2n) is 8.91. The topological polar surface area (TPSA) is 86.8 Å². The molecule has 0 aliphatic carbocycles. The molecular weight excluding hydrogens is 474 g/mol. The summed E-state index contributed by atoms with van der Waals surface area (Å²) in [5.74, 6) is -0.677. The maximum Gasteiger partial charge on any atom is 0.244 e. The highest BCUT2D eigenvalue weighted by atomic mass is 32.2. The standard InChI is InChI=1S/C28H35N3O4S/c1-4-5-19-29-28(33)22(2)30(20-18-23-12-7-6-8-13-23)27(32)21-31(36(3,34)35)26-17-11-15-24-14-9-10-16-25(24)26/h6-17,22H,4-5,18-21H2,1-3H3,(H,29,33). The van der Waals surface area contributed by atoms with Crippen LogP contribution in [0.3, 0.4) is 0 Å². The van der Waals surface area contributed by atoms with Crippen molar-refractivity contribution in [2.75, 3.05) is 30.2 Å². The lowest BCUT2D eigenvalue weighted by atomic mass is 10.1. The number of sulfonamides is 1. The van der Waals surface area contributed by atoms with Gasteiger partial charge in [0.2, 0.25) is 21.8 Å². The molecule has 0 aromatic heterocycles. The molecule has 0 saturated heterocycles. The van der Waals surface area contributed by atoms with Crippen molar-refractivity contribution in [3.05, 3.63) is 78.4 Å². The van der Waals surface area contributed by atoms with E-state index in [2.05, 4.69) is 5.32 Å². The van der Waals surface area contributed by atoms with Gasteiger partial charge in [0.05, 0.1) is 11.9 Å². The number of benzene rings is 3. The number of hydrogen-bond acceptors (Lipinski definition) is 4. The van der Waals surface area contributed by atoms with Crippen molar-refractivity contribution < 1.29 is 18.0 Å². The van der Waals surface area contributed by atoms with Gasteiger partial charge in [0.15, 0.2) is 0 Å². The van der Waals surface area contributed by atoms with Gasteiger partial charge < -0.3 is 10.2 Å². The zero-order chi connectivity index (χ0) is 26.1. The lowest BCUT2D eigenvalue weighted by Crippen LogP contribution is -2.52. The van der Waals surface area contributed by atoms with E-state index < -0.39 is 28.5 Å². The molecule has 0 aliphatic heterocycles. The zero-order valence-corrected chi connectivity index (χ0v) is 22.0. The van der Waals surface area contributed by atoms with E-state index in [0.717, 1.165) is 39.7 Å². The normalized spacial score (nSPS) is 12.2. The third kappa shape index (κ3) is 7.07. The largest absolute Gasteiger partial charge is 0.354 e. The Balaban J connectivity index is 1.90. The first kappa shape index (κ1) is 27.2. The van der Waals surface area contributed by atoms with Crippen molar-refractivity contribution in [3.8, 4) is 0 Å². The van der Waals surface area contributed by atoms with Gasteiger partial charge in [-0.1, -0.05) is 80.1 Å². The molecule has 0 bridgehead atoms. The number of carbonyl (C=O) groups excluding carboxylic acids is 2. The smallest absolute Gasteiger partial charge is 0.244 e. The summed E-state index contributed by atoms with van der Waals surface area (Å²) in [4.78, 5) is 28.0. The van der Waals surface area contributed by atoms with Crippen LogP contribution in [0.4, 0.5) is 5.69 Å².